The first kappa shape index (κ1) is 19.0. The molecule has 28 heavy (non-hydrogen) atoms. The molecule has 0 radical (unpaired) electrons. The molecule has 1 aliphatic carbocycles. The highest BCUT2D eigenvalue weighted by atomic mass is 16.5. The van der Waals surface area contributed by atoms with Gasteiger partial charge in [-0.3, -0.25) is 4.79 Å². The van der Waals surface area contributed by atoms with E-state index in [0.717, 1.165) is 48.6 Å². The van der Waals surface area contributed by atoms with E-state index in [9.17, 15) is 9.90 Å². The van der Waals surface area contributed by atoms with Crippen LogP contribution in [-0.4, -0.2) is 42.7 Å². The van der Waals surface area contributed by atoms with Gasteiger partial charge in [0, 0.05) is 24.1 Å². The summed E-state index contributed by atoms with van der Waals surface area (Å²) in [6.07, 6.45) is 5.62. The largest absolute Gasteiger partial charge is 0.497 e. The van der Waals surface area contributed by atoms with Gasteiger partial charge in [0.05, 0.1) is 13.7 Å². The number of carbonyl (C=O) groups excluding carboxylic acids is 1. The van der Waals surface area contributed by atoms with Gasteiger partial charge in [0.1, 0.15) is 5.75 Å². The molecule has 2 aliphatic rings. The molecule has 0 unspecified atom stereocenters. The van der Waals surface area contributed by atoms with Crippen LogP contribution in [0.1, 0.15) is 42.5 Å². The molecule has 2 aromatic carbocycles. The van der Waals surface area contributed by atoms with Crippen LogP contribution in [0, 0.1) is 11.3 Å². The third-order valence-electron chi connectivity index (χ3n) is 6.24. The fourth-order valence-electron chi connectivity index (χ4n) is 4.47. The van der Waals surface area contributed by atoms with Gasteiger partial charge >= 0.3 is 0 Å². The molecule has 4 heteroatoms. The molecule has 1 heterocycles. The quantitative estimate of drug-likeness (QED) is 0.810. The SMILES string of the molecule is COc1cccc(-c2ccc(C(=O)N3CCC[C@](CO)(CC4CC4)C3)cc2)c1. The topological polar surface area (TPSA) is 49.8 Å². The van der Waals surface area contributed by atoms with Crippen LogP contribution < -0.4 is 4.74 Å². The fourth-order valence-corrected chi connectivity index (χ4v) is 4.47. The normalized spacial score (nSPS) is 22.1. The van der Waals surface area contributed by atoms with Gasteiger partial charge < -0.3 is 14.7 Å². The number of carbonyl (C=O) groups is 1. The molecular weight excluding hydrogens is 350 g/mol. The Morgan fingerprint density at radius 3 is 2.64 bits per heavy atom. The minimum atomic E-state index is -0.102. The minimum absolute atomic E-state index is 0.0746. The average Bonchev–Trinajstić information content (AvgIpc) is 3.57. The second kappa shape index (κ2) is 7.96. The van der Waals surface area contributed by atoms with Crippen molar-refractivity contribution in [1.82, 2.24) is 4.90 Å². The third-order valence-corrected chi connectivity index (χ3v) is 6.24. The number of ether oxygens (including phenoxy) is 1. The Balaban J connectivity index is 1.48. The standard InChI is InChI=1S/C24H29NO3/c1-28-22-5-2-4-21(14-22)19-8-10-20(11-9-19)23(27)25-13-3-12-24(16-25,17-26)15-18-6-7-18/h2,4-5,8-11,14,18,26H,3,6-7,12-13,15-17H2,1H3/t24-/m0/s1. The smallest absolute Gasteiger partial charge is 0.253 e. The van der Waals surface area contributed by atoms with Crippen LogP contribution in [0.25, 0.3) is 11.1 Å². The summed E-state index contributed by atoms with van der Waals surface area (Å²) in [5.41, 5.74) is 2.75. The second-order valence-electron chi connectivity index (χ2n) is 8.45. The van der Waals surface area contributed by atoms with E-state index in [1.54, 1.807) is 7.11 Å². The van der Waals surface area contributed by atoms with Gasteiger partial charge in [0.2, 0.25) is 0 Å². The lowest BCUT2D eigenvalue weighted by molar-refractivity contribution is 0.0196. The zero-order valence-electron chi connectivity index (χ0n) is 16.6. The van der Waals surface area contributed by atoms with E-state index >= 15 is 0 Å². The fraction of sp³-hybridized carbons (Fsp3) is 0.458. The van der Waals surface area contributed by atoms with Crippen molar-refractivity contribution >= 4 is 5.91 Å². The third kappa shape index (κ3) is 4.07. The monoisotopic (exact) mass is 379 g/mol. The predicted octanol–water partition coefficient (Wildman–Crippen LogP) is 4.38. The molecule has 0 bridgehead atoms. The number of nitrogens with zero attached hydrogens (tertiary/aromatic N) is 1. The van der Waals surface area contributed by atoms with E-state index in [0.29, 0.717) is 12.1 Å². The lowest BCUT2D eigenvalue weighted by Gasteiger charge is -2.42. The molecule has 0 aromatic heterocycles. The molecule has 148 valence electrons. The predicted molar refractivity (Wildman–Crippen MR) is 110 cm³/mol. The van der Waals surface area contributed by atoms with Crippen molar-refractivity contribution in [3.05, 3.63) is 54.1 Å². The summed E-state index contributed by atoms with van der Waals surface area (Å²) in [6, 6.07) is 15.7. The van der Waals surface area contributed by atoms with E-state index in [4.69, 9.17) is 4.74 Å². The maximum atomic E-state index is 13.1. The maximum Gasteiger partial charge on any atom is 0.253 e. The number of aliphatic hydroxyl groups is 1. The van der Waals surface area contributed by atoms with E-state index < -0.39 is 0 Å². The lowest BCUT2D eigenvalue weighted by Crippen LogP contribution is -2.48. The molecule has 0 spiro atoms. The first-order valence-corrected chi connectivity index (χ1v) is 10.3. The van der Waals surface area contributed by atoms with Crippen molar-refractivity contribution in [3.8, 4) is 16.9 Å². The summed E-state index contributed by atoms with van der Waals surface area (Å²) in [6.45, 7) is 1.64. The van der Waals surface area contributed by atoms with Crippen LogP contribution >= 0.6 is 0 Å². The summed E-state index contributed by atoms with van der Waals surface area (Å²) >= 11 is 0. The lowest BCUT2D eigenvalue weighted by atomic mass is 9.76. The van der Waals surface area contributed by atoms with Gasteiger partial charge in [-0.2, -0.15) is 0 Å². The van der Waals surface area contributed by atoms with Crippen molar-refractivity contribution < 1.29 is 14.6 Å². The number of rotatable bonds is 6. The van der Waals surface area contributed by atoms with Crippen molar-refractivity contribution in [3.63, 3.8) is 0 Å². The van der Waals surface area contributed by atoms with Crippen LogP contribution in [0.2, 0.25) is 0 Å². The zero-order valence-corrected chi connectivity index (χ0v) is 16.6. The maximum absolute atomic E-state index is 13.1. The van der Waals surface area contributed by atoms with Crippen molar-refractivity contribution in [2.75, 3.05) is 26.8 Å². The average molecular weight is 380 g/mol. The second-order valence-corrected chi connectivity index (χ2v) is 8.45. The highest BCUT2D eigenvalue weighted by Crippen LogP contribution is 2.44. The van der Waals surface area contributed by atoms with Gasteiger partial charge in [0.25, 0.3) is 5.91 Å². The molecule has 4 nitrogen and oxygen atoms in total. The summed E-state index contributed by atoms with van der Waals surface area (Å²) in [4.78, 5) is 15.0. The number of hydrogen-bond donors (Lipinski definition) is 1. The van der Waals surface area contributed by atoms with Crippen LogP contribution in [0.4, 0.5) is 0 Å². The first-order valence-electron chi connectivity index (χ1n) is 10.3. The molecule has 1 aliphatic heterocycles. The highest BCUT2D eigenvalue weighted by molar-refractivity contribution is 5.94. The van der Waals surface area contributed by atoms with Crippen molar-refractivity contribution in [2.45, 2.75) is 32.1 Å². The molecule has 1 saturated heterocycles. The van der Waals surface area contributed by atoms with Crippen LogP contribution in [0.3, 0.4) is 0 Å². The number of methoxy groups -OCH3 is 1. The molecule has 1 atom stereocenters. The Bertz CT molecular complexity index is 828. The molecule has 2 aromatic rings. The Labute approximate surface area is 167 Å². The van der Waals surface area contributed by atoms with Gasteiger partial charge in [-0.15, -0.1) is 0 Å². The summed E-state index contributed by atoms with van der Waals surface area (Å²) in [5.74, 6) is 1.65. The number of likely N-dealkylation sites (tertiary alicyclic amines) is 1. The first-order chi connectivity index (χ1) is 13.6. The van der Waals surface area contributed by atoms with Crippen molar-refractivity contribution in [2.24, 2.45) is 11.3 Å². The number of aliphatic hydroxyl groups excluding tert-OH is 1. The van der Waals surface area contributed by atoms with E-state index in [2.05, 4.69) is 0 Å². The Kier molecular flexibility index (Phi) is 5.40. The Morgan fingerprint density at radius 2 is 1.96 bits per heavy atom. The minimum Gasteiger partial charge on any atom is -0.497 e. The Hall–Kier alpha value is -2.33. The summed E-state index contributed by atoms with van der Waals surface area (Å²) in [7, 11) is 1.66. The van der Waals surface area contributed by atoms with Gasteiger partial charge in [0.15, 0.2) is 0 Å². The zero-order chi connectivity index (χ0) is 19.6. The summed E-state index contributed by atoms with van der Waals surface area (Å²) in [5, 5.41) is 10.0. The van der Waals surface area contributed by atoms with E-state index in [1.807, 2.05) is 53.4 Å². The van der Waals surface area contributed by atoms with Crippen LogP contribution in [0.5, 0.6) is 5.75 Å². The van der Waals surface area contributed by atoms with Gasteiger partial charge in [-0.05, 0) is 60.6 Å². The highest BCUT2D eigenvalue weighted by Gasteiger charge is 2.41. The molecule has 4 rings (SSSR count). The number of benzene rings is 2. The van der Waals surface area contributed by atoms with Gasteiger partial charge in [-0.1, -0.05) is 37.1 Å². The van der Waals surface area contributed by atoms with Gasteiger partial charge in [-0.25, -0.2) is 0 Å². The van der Waals surface area contributed by atoms with Crippen LogP contribution in [0.15, 0.2) is 48.5 Å². The molecule has 1 saturated carbocycles. The van der Waals surface area contributed by atoms with E-state index in [-0.39, 0.29) is 17.9 Å². The number of hydrogen-bond acceptors (Lipinski definition) is 3. The number of piperidine rings is 1. The Morgan fingerprint density at radius 1 is 1.18 bits per heavy atom. The van der Waals surface area contributed by atoms with E-state index in [1.165, 1.54) is 12.8 Å². The molecular formula is C24H29NO3. The molecule has 2 fully saturated rings. The van der Waals surface area contributed by atoms with Crippen LogP contribution in [-0.2, 0) is 0 Å². The molecule has 1 N–H and O–H groups in total. The summed E-state index contributed by atoms with van der Waals surface area (Å²) < 4.78 is 5.30. The number of amides is 1. The van der Waals surface area contributed by atoms with Crippen molar-refractivity contribution in [1.29, 1.82) is 0 Å². The molecule has 1 amide bonds.